The van der Waals surface area contributed by atoms with Gasteiger partial charge in [0, 0.05) is 28.7 Å². The maximum atomic E-state index is 13.2. The van der Waals surface area contributed by atoms with E-state index in [1.165, 1.54) is 4.90 Å². The van der Waals surface area contributed by atoms with Gasteiger partial charge >= 0.3 is 0 Å². The molecule has 0 radical (unpaired) electrons. The first-order valence-corrected chi connectivity index (χ1v) is 10.5. The van der Waals surface area contributed by atoms with Gasteiger partial charge in [-0.3, -0.25) is 19.5 Å². The second-order valence-corrected chi connectivity index (χ2v) is 7.70. The Labute approximate surface area is 190 Å². The number of pyridine rings is 1. The molecule has 2 aromatic carbocycles. The zero-order valence-corrected chi connectivity index (χ0v) is 18.3. The lowest BCUT2D eigenvalue weighted by atomic mass is 9.95. The van der Waals surface area contributed by atoms with Gasteiger partial charge in [0.1, 0.15) is 11.5 Å². The highest BCUT2D eigenvalue weighted by Gasteiger charge is 2.47. The standard InChI is InChI=1S/C25H21ClN2O4/c1-3-32-18-7-4-6-17(14-18)23(29)21-22(16-10-12-27-13-11-16)28(25(31)24(21)30)20-9-5-8-19(26)15(20)2/h4-14,22,29H,3H2,1-2H3/b23-21+. The zero-order valence-electron chi connectivity index (χ0n) is 17.6. The Bertz CT molecular complexity index is 1220. The molecule has 2 heterocycles. The third-order valence-corrected chi connectivity index (χ3v) is 5.79. The number of aliphatic hydroxyl groups is 1. The normalized spacial score (nSPS) is 17.6. The van der Waals surface area contributed by atoms with E-state index in [0.29, 0.717) is 39.8 Å². The quantitative estimate of drug-likeness (QED) is 0.335. The van der Waals surface area contributed by atoms with Gasteiger partial charge in [-0.2, -0.15) is 0 Å². The predicted molar refractivity (Wildman–Crippen MR) is 123 cm³/mol. The van der Waals surface area contributed by atoms with Crippen molar-refractivity contribution >= 4 is 34.7 Å². The van der Waals surface area contributed by atoms with Crippen LogP contribution in [0.5, 0.6) is 5.75 Å². The van der Waals surface area contributed by atoms with Gasteiger partial charge in [-0.05, 0) is 61.4 Å². The van der Waals surface area contributed by atoms with E-state index >= 15 is 0 Å². The van der Waals surface area contributed by atoms with Crippen molar-refractivity contribution in [3.63, 3.8) is 0 Å². The zero-order chi connectivity index (χ0) is 22.8. The van der Waals surface area contributed by atoms with E-state index < -0.39 is 17.7 Å². The van der Waals surface area contributed by atoms with E-state index in [9.17, 15) is 14.7 Å². The fourth-order valence-corrected chi connectivity index (χ4v) is 4.02. The number of carbonyl (C=O) groups excluding carboxylic acids is 2. The Morgan fingerprint density at radius 3 is 2.56 bits per heavy atom. The second kappa shape index (κ2) is 8.85. The number of benzene rings is 2. The average Bonchev–Trinajstić information content (AvgIpc) is 3.07. The molecule has 162 valence electrons. The van der Waals surface area contributed by atoms with E-state index in [0.717, 1.165) is 0 Å². The molecule has 32 heavy (non-hydrogen) atoms. The van der Waals surface area contributed by atoms with E-state index in [1.54, 1.807) is 73.9 Å². The molecule has 7 heteroatoms. The van der Waals surface area contributed by atoms with Gasteiger partial charge in [-0.1, -0.05) is 29.8 Å². The summed E-state index contributed by atoms with van der Waals surface area (Å²) in [7, 11) is 0. The van der Waals surface area contributed by atoms with Crippen LogP contribution < -0.4 is 9.64 Å². The Balaban J connectivity index is 1.94. The topological polar surface area (TPSA) is 79.7 Å². The number of ketones is 1. The molecule has 1 amide bonds. The van der Waals surface area contributed by atoms with Crippen LogP contribution in [0.15, 0.2) is 72.6 Å². The molecule has 1 fully saturated rings. The minimum absolute atomic E-state index is 0.00535. The number of hydrogen-bond acceptors (Lipinski definition) is 5. The maximum Gasteiger partial charge on any atom is 0.300 e. The fourth-order valence-electron chi connectivity index (χ4n) is 3.85. The number of anilines is 1. The minimum atomic E-state index is -0.842. The third-order valence-electron chi connectivity index (χ3n) is 5.38. The van der Waals surface area contributed by atoms with Crippen LogP contribution in [0, 0.1) is 6.92 Å². The number of aliphatic hydroxyl groups excluding tert-OH is 1. The predicted octanol–water partition coefficient (Wildman–Crippen LogP) is 5.07. The number of ether oxygens (including phenoxy) is 1. The van der Waals surface area contributed by atoms with Gasteiger partial charge in [0.15, 0.2) is 0 Å². The summed E-state index contributed by atoms with van der Waals surface area (Å²) in [5, 5.41) is 11.7. The van der Waals surface area contributed by atoms with Crippen molar-refractivity contribution < 1.29 is 19.4 Å². The van der Waals surface area contributed by atoms with E-state index in [-0.39, 0.29) is 11.3 Å². The summed E-state index contributed by atoms with van der Waals surface area (Å²) in [5.74, 6) is -1.23. The van der Waals surface area contributed by atoms with Crippen LogP contribution in [0.4, 0.5) is 5.69 Å². The lowest BCUT2D eigenvalue weighted by Crippen LogP contribution is -2.30. The SMILES string of the molecule is CCOc1cccc(/C(O)=C2\C(=O)C(=O)N(c3cccc(Cl)c3C)C2c2ccncc2)c1. The molecule has 0 bridgehead atoms. The van der Waals surface area contributed by atoms with E-state index in [4.69, 9.17) is 16.3 Å². The Morgan fingerprint density at radius 2 is 1.84 bits per heavy atom. The first-order valence-electron chi connectivity index (χ1n) is 10.1. The molecular formula is C25H21ClN2O4. The molecule has 1 unspecified atom stereocenters. The number of rotatable bonds is 5. The van der Waals surface area contributed by atoms with Crippen LogP contribution >= 0.6 is 11.6 Å². The smallest absolute Gasteiger partial charge is 0.300 e. The Kier molecular flexibility index (Phi) is 5.97. The number of aromatic nitrogens is 1. The van der Waals surface area contributed by atoms with Gasteiger partial charge in [-0.25, -0.2) is 0 Å². The van der Waals surface area contributed by atoms with Crippen molar-refractivity contribution in [3.8, 4) is 5.75 Å². The van der Waals surface area contributed by atoms with E-state index in [1.807, 2.05) is 6.92 Å². The Hall–Kier alpha value is -3.64. The molecule has 6 nitrogen and oxygen atoms in total. The summed E-state index contributed by atoms with van der Waals surface area (Å²) < 4.78 is 5.52. The van der Waals surface area contributed by atoms with Gasteiger partial charge in [-0.15, -0.1) is 0 Å². The van der Waals surface area contributed by atoms with Crippen molar-refractivity contribution in [1.82, 2.24) is 4.98 Å². The molecule has 0 aliphatic carbocycles. The summed E-state index contributed by atoms with van der Waals surface area (Å²) in [6.45, 7) is 4.10. The summed E-state index contributed by atoms with van der Waals surface area (Å²) in [5.41, 5.74) is 2.18. The van der Waals surface area contributed by atoms with Crippen molar-refractivity contribution in [2.24, 2.45) is 0 Å². The molecule has 1 saturated heterocycles. The molecule has 3 aromatic rings. The summed E-state index contributed by atoms with van der Waals surface area (Å²) in [6.07, 6.45) is 3.16. The van der Waals surface area contributed by atoms with Crippen LogP contribution in [0.2, 0.25) is 5.02 Å². The van der Waals surface area contributed by atoms with Crippen molar-refractivity contribution in [3.05, 3.63) is 94.3 Å². The van der Waals surface area contributed by atoms with Crippen LogP contribution in [-0.4, -0.2) is 28.4 Å². The lowest BCUT2D eigenvalue weighted by Gasteiger charge is -2.27. The molecule has 1 N–H and O–H groups in total. The summed E-state index contributed by atoms with van der Waals surface area (Å²) in [4.78, 5) is 31.8. The summed E-state index contributed by atoms with van der Waals surface area (Å²) in [6, 6.07) is 14.5. The van der Waals surface area contributed by atoms with Crippen LogP contribution in [0.25, 0.3) is 5.76 Å². The fraction of sp³-hybridized carbons (Fsp3) is 0.160. The number of Topliss-reactive ketones (excluding diaryl/α,β-unsaturated/α-hetero) is 1. The van der Waals surface area contributed by atoms with Crippen molar-refractivity contribution in [2.45, 2.75) is 19.9 Å². The third kappa shape index (κ3) is 3.74. The largest absolute Gasteiger partial charge is 0.507 e. The van der Waals surface area contributed by atoms with Crippen molar-refractivity contribution in [2.75, 3.05) is 11.5 Å². The minimum Gasteiger partial charge on any atom is -0.507 e. The molecule has 1 aliphatic heterocycles. The lowest BCUT2D eigenvalue weighted by molar-refractivity contribution is -0.132. The average molecular weight is 449 g/mol. The van der Waals surface area contributed by atoms with Crippen LogP contribution in [0.1, 0.15) is 29.7 Å². The molecule has 4 rings (SSSR count). The molecular weight excluding hydrogens is 428 g/mol. The first-order chi connectivity index (χ1) is 15.4. The van der Waals surface area contributed by atoms with Gasteiger partial charge in [0.2, 0.25) is 0 Å². The number of nitrogens with zero attached hydrogens (tertiary/aromatic N) is 2. The molecule has 0 spiro atoms. The van der Waals surface area contributed by atoms with Gasteiger partial charge in [0.05, 0.1) is 18.2 Å². The molecule has 1 atom stereocenters. The number of amides is 1. The molecule has 1 aliphatic rings. The second-order valence-electron chi connectivity index (χ2n) is 7.29. The molecule has 0 saturated carbocycles. The highest BCUT2D eigenvalue weighted by atomic mass is 35.5. The number of halogens is 1. The van der Waals surface area contributed by atoms with Gasteiger partial charge < -0.3 is 9.84 Å². The highest BCUT2D eigenvalue weighted by molar-refractivity contribution is 6.52. The highest BCUT2D eigenvalue weighted by Crippen LogP contribution is 2.44. The first kappa shape index (κ1) is 21.6. The van der Waals surface area contributed by atoms with Crippen LogP contribution in [-0.2, 0) is 9.59 Å². The monoisotopic (exact) mass is 448 g/mol. The van der Waals surface area contributed by atoms with Crippen LogP contribution in [0.3, 0.4) is 0 Å². The van der Waals surface area contributed by atoms with E-state index in [2.05, 4.69) is 4.98 Å². The molecule has 1 aromatic heterocycles. The summed E-state index contributed by atoms with van der Waals surface area (Å²) >= 11 is 6.30. The number of hydrogen-bond donors (Lipinski definition) is 1. The van der Waals surface area contributed by atoms with Crippen molar-refractivity contribution in [1.29, 1.82) is 0 Å². The number of carbonyl (C=O) groups is 2. The Morgan fingerprint density at radius 1 is 1.12 bits per heavy atom. The van der Waals surface area contributed by atoms with Gasteiger partial charge in [0.25, 0.3) is 11.7 Å². The maximum absolute atomic E-state index is 13.2.